The number of nitro groups is 1. The summed E-state index contributed by atoms with van der Waals surface area (Å²) < 4.78 is 5.50. The fourth-order valence-electron chi connectivity index (χ4n) is 2.24. The van der Waals surface area contributed by atoms with Gasteiger partial charge in [-0.1, -0.05) is 0 Å². The highest BCUT2D eigenvalue weighted by Crippen LogP contribution is 2.22. The third-order valence-corrected chi connectivity index (χ3v) is 3.37. The number of nitrogens with zero attached hydrogens (tertiary/aromatic N) is 1. The first-order chi connectivity index (χ1) is 9.49. The summed E-state index contributed by atoms with van der Waals surface area (Å²) in [5.74, 6) is -0.311. The van der Waals surface area contributed by atoms with Gasteiger partial charge in [0.2, 0.25) is 0 Å². The van der Waals surface area contributed by atoms with Crippen molar-refractivity contribution in [3.05, 3.63) is 33.9 Å². The van der Waals surface area contributed by atoms with Gasteiger partial charge >= 0.3 is 0 Å². The van der Waals surface area contributed by atoms with Crippen LogP contribution in [0.2, 0.25) is 0 Å². The number of rotatable bonds is 4. The monoisotopic (exact) mass is 279 g/mol. The van der Waals surface area contributed by atoms with Crippen LogP contribution >= 0.6 is 0 Å². The maximum Gasteiger partial charge on any atom is 0.292 e. The summed E-state index contributed by atoms with van der Waals surface area (Å²) in [4.78, 5) is 22.1. The van der Waals surface area contributed by atoms with Crippen molar-refractivity contribution in [1.82, 2.24) is 5.32 Å². The van der Waals surface area contributed by atoms with Crippen LogP contribution in [-0.4, -0.2) is 29.6 Å². The number of benzene rings is 1. The van der Waals surface area contributed by atoms with Crippen molar-refractivity contribution < 1.29 is 14.5 Å². The molecule has 1 heterocycles. The second-order valence-corrected chi connectivity index (χ2v) is 4.84. The Morgan fingerprint density at radius 2 is 2.35 bits per heavy atom. The Bertz CT molecular complexity index is 526. The minimum absolute atomic E-state index is 0.0209. The second kappa shape index (κ2) is 5.87. The largest absolute Gasteiger partial charge is 0.393 e. The van der Waals surface area contributed by atoms with Gasteiger partial charge < -0.3 is 15.8 Å². The molecule has 1 aliphatic heterocycles. The summed E-state index contributed by atoms with van der Waals surface area (Å²) in [6.45, 7) is 2.60. The van der Waals surface area contributed by atoms with E-state index in [2.05, 4.69) is 5.32 Å². The molecule has 108 valence electrons. The van der Waals surface area contributed by atoms with E-state index in [9.17, 15) is 14.9 Å². The fourth-order valence-corrected chi connectivity index (χ4v) is 2.24. The van der Waals surface area contributed by atoms with Crippen LogP contribution in [0.3, 0.4) is 0 Å². The number of nitrogens with two attached hydrogens (primary N) is 1. The molecule has 1 aromatic carbocycles. The highest BCUT2D eigenvalue weighted by molar-refractivity contribution is 5.95. The molecule has 20 heavy (non-hydrogen) atoms. The van der Waals surface area contributed by atoms with Crippen LogP contribution in [0.25, 0.3) is 0 Å². The number of hydrogen-bond acceptors (Lipinski definition) is 5. The zero-order valence-electron chi connectivity index (χ0n) is 11.2. The quantitative estimate of drug-likeness (QED) is 0.493. The van der Waals surface area contributed by atoms with Gasteiger partial charge in [-0.15, -0.1) is 0 Å². The van der Waals surface area contributed by atoms with Gasteiger partial charge in [0.05, 0.1) is 17.1 Å². The van der Waals surface area contributed by atoms with E-state index in [1.807, 2.05) is 6.92 Å². The highest BCUT2D eigenvalue weighted by Gasteiger charge is 2.24. The Morgan fingerprint density at radius 1 is 1.60 bits per heavy atom. The van der Waals surface area contributed by atoms with E-state index >= 15 is 0 Å². The first-order valence-corrected chi connectivity index (χ1v) is 6.45. The molecule has 0 aliphatic carbocycles. The van der Waals surface area contributed by atoms with Gasteiger partial charge in [0.25, 0.3) is 11.6 Å². The second-order valence-electron chi connectivity index (χ2n) is 4.84. The molecule has 1 saturated heterocycles. The lowest BCUT2D eigenvalue weighted by atomic mass is 10.1. The average molecular weight is 279 g/mol. The molecule has 3 N–H and O–H groups in total. The number of ether oxygens (including phenoxy) is 1. The van der Waals surface area contributed by atoms with E-state index in [-0.39, 0.29) is 29.4 Å². The number of carbonyl (C=O) groups is 1. The lowest BCUT2D eigenvalue weighted by molar-refractivity contribution is -0.383. The molecule has 0 saturated carbocycles. The van der Waals surface area contributed by atoms with Gasteiger partial charge in [0, 0.05) is 18.2 Å². The SMILES string of the molecule is CC(NC(=O)c1ccc([N+](=O)[O-])c(N)c1)C1CCCO1. The summed E-state index contributed by atoms with van der Waals surface area (Å²) in [6, 6.07) is 3.84. The molecular formula is C13H17N3O4. The molecule has 0 radical (unpaired) electrons. The molecule has 0 bridgehead atoms. The van der Waals surface area contributed by atoms with Gasteiger partial charge in [0.15, 0.2) is 0 Å². The first-order valence-electron chi connectivity index (χ1n) is 6.45. The lowest BCUT2D eigenvalue weighted by Crippen LogP contribution is -2.40. The Balaban J connectivity index is 2.05. The zero-order valence-corrected chi connectivity index (χ0v) is 11.2. The zero-order chi connectivity index (χ0) is 14.7. The predicted octanol–water partition coefficient (Wildman–Crippen LogP) is 1.47. The Hall–Kier alpha value is -2.15. The van der Waals surface area contributed by atoms with Crippen LogP contribution < -0.4 is 11.1 Å². The maximum atomic E-state index is 12.1. The molecule has 0 spiro atoms. The molecule has 2 rings (SSSR count). The van der Waals surface area contributed by atoms with Crippen LogP contribution in [0.1, 0.15) is 30.1 Å². The van der Waals surface area contributed by atoms with Gasteiger partial charge in [-0.2, -0.15) is 0 Å². The van der Waals surface area contributed by atoms with E-state index < -0.39 is 4.92 Å². The van der Waals surface area contributed by atoms with Crippen molar-refractivity contribution >= 4 is 17.3 Å². The summed E-state index contributed by atoms with van der Waals surface area (Å²) in [6.07, 6.45) is 1.94. The van der Waals surface area contributed by atoms with E-state index in [0.29, 0.717) is 5.56 Å². The average Bonchev–Trinajstić information content (AvgIpc) is 2.91. The van der Waals surface area contributed by atoms with Gasteiger partial charge in [-0.05, 0) is 31.9 Å². The molecule has 2 atom stereocenters. The summed E-state index contributed by atoms with van der Waals surface area (Å²) in [5, 5.41) is 13.5. The summed E-state index contributed by atoms with van der Waals surface area (Å²) in [7, 11) is 0. The number of nitro benzene ring substituents is 1. The highest BCUT2D eigenvalue weighted by atomic mass is 16.6. The molecule has 1 aliphatic rings. The van der Waals surface area contributed by atoms with Crippen LogP contribution in [-0.2, 0) is 4.74 Å². The van der Waals surface area contributed by atoms with Crippen LogP contribution in [0.15, 0.2) is 18.2 Å². The van der Waals surface area contributed by atoms with Crippen molar-refractivity contribution in [2.75, 3.05) is 12.3 Å². The maximum absolute atomic E-state index is 12.1. The normalized spacial score (nSPS) is 19.6. The number of nitrogens with one attached hydrogen (secondary N) is 1. The number of anilines is 1. The Morgan fingerprint density at radius 3 is 2.90 bits per heavy atom. The van der Waals surface area contributed by atoms with Gasteiger partial charge in [0.1, 0.15) is 5.69 Å². The standard InChI is InChI=1S/C13H17N3O4/c1-8(12-3-2-6-20-12)15-13(17)9-4-5-11(16(18)19)10(14)7-9/h4-5,7-8,12H,2-3,6,14H2,1H3,(H,15,17). The van der Waals surface area contributed by atoms with Crippen molar-refractivity contribution in [3.8, 4) is 0 Å². The molecule has 2 unspecified atom stereocenters. The fraction of sp³-hybridized carbons (Fsp3) is 0.462. The van der Waals surface area contributed by atoms with Crippen molar-refractivity contribution in [3.63, 3.8) is 0 Å². The number of amides is 1. The van der Waals surface area contributed by atoms with Crippen molar-refractivity contribution in [2.24, 2.45) is 0 Å². The third kappa shape index (κ3) is 3.05. The molecule has 7 nitrogen and oxygen atoms in total. The van der Waals surface area contributed by atoms with Crippen molar-refractivity contribution in [1.29, 1.82) is 0 Å². The predicted molar refractivity (Wildman–Crippen MR) is 73.4 cm³/mol. The van der Waals surface area contributed by atoms with E-state index in [1.165, 1.54) is 18.2 Å². The summed E-state index contributed by atoms with van der Waals surface area (Å²) in [5.41, 5.74) is 5.65. The Kier molecular flexibility index (Phi) is 4.19. The molecule has 0 aromatic heterocycles. The molecule has 1 fully saturated rings. The smallest absolute Gasteiger partial charge is 0.292 e. The number of nitrogen functional groups attached to an aromatic ring is 1. The topological polar surface area (TPSA) is 107 Å². The number of carbonyl (C=O) groups excluding carboxylic acids is 1. The van der Waals surface area contributed by atoms with E-state index in [1.54, 1.807) is 0 Å². The van der Waals surface area contributed by atoms with Gasteiger partial charge in [-0.25, -0.2) is 0 Å². The van der Waals surface area contributed by atoms with Crippen LogP contribution in [0, 0.1) is 10.1 Å². The minimum Gasteiger partial charge on any atom is -0.393 e. The number of hydrogen-bond donors (Lipinski definition) is 2. The first kappa shape index (κ1) is 14.3. The summed E-state index contributed by atoms with van der Waals surface area (Å²) >= 11 is 0. The van der Waals surface area contributed by atoms with Gasteiger partial charge in [-0.3, -0.25) is 14.9 Å². The van der Waals surface area contributed by atoms with Crippen molar-refractivity contribution in [2.45, 2.75) is 31.9 Å². The van der Waals surface area contributed by atoms with E-state index in [4.69, 9.17) is 10.5 Å². The lowest BCUT2D eigenvalue weighted by Gasteiger charge is -2.20. The van der Waals surface area contributed by atoms with Crippen LogP contribution in [0.5, 0.6) is 0 Å². The molecule has 1 aromatic rings. The third-order valence-electron chi connectivity index (χ3n) is 3.37. The molecule has 1 amide bonds. The minimum atomic E-state index is -0.577. The Labute approximate surface area is 116 Å². The van der Waals surface area contributed by atoms with E-state index in [0.717, 1.165) is 19.4 Å². The van der Waals surface area contributed by atoms with Crippen LogP contribution in [0.4, 0.5) is 11.4 Å². The molecule has 7 heteroatoms. The molecular weight excluding hydrogens is 262 g/mol.